The zero-order chi connectivity index (χ0) is 21.1. The molecule has 0 saturated heterocycles. The zero-order valence-electron chi connectivity index (χ0n) is 17.5. The molecule has 1 amide bonds. The molecule has 152 valence electrons. The summed E-state index contributed by atoms with van der Waals surface area (Å²) in [6.45, 7) is 7.37. The molecular weight excluding hydrogens is 374 g/mol. The van der Waals surface area contributed by atoms with E-state index in [2.05, 4.69) is 40.6 Å². The van der Waals surface area contributed by atoms with Gasteiger partial charge in [0.25, 0.3) is 5.91 Å². The third kappa shape index (κ3) is 4.66. The largest absolute Gasteiger partial charge is 0.305 e. The van der Waals surface area contributed by atoms with Gasteiger partial charge in [0.2, 0.25) is 0 Å². The van der Waals surface area contributed by atoms with E-state index >= 15 is 0 Å². The standard InChI is InChI=1S/C24H25N5O/c1-17-6-4-7-20(12-17)15-28-11-10-23(27-28)25-24(30)22-9-5-8-21(14-22)16-29-19(3)13-18(2)26-29/h4-14H,15-16H2,1-3H3,(H,25,27,30). The highest BCUT2D eigenvalue weighted by Crippen LogP contribution is 2.13. The van der Waals surface area contributed by atoms with E-state index in [0.717, 1.165) is 17.0 Å². The van der Waals surface area contributed by atoms with E-state index in [1.165, 1.54) is 11.1 Å². The predicted molar refractivity (Wildman–Crippen MR) is 118 cm³/mol. The minimum Gasteiger partial charge on any atom is -0.305 e. The van der Waals surface area contributed by atoms with Gasteiger partial charge in [-0.25, -0.2) is 0 Å². The number of amides is 1. The van der Waals surface area contributed by atoms with Crippen LogP contribution < -0.4 is 5.32 Å². The molecule has 0 aliphatic carbocycles. The molecule has 2 aromatic carbocycles. The number of nitrogens with zero attached hydrogens (tertiary/aromatic N) is 4. The molecule has 0 bridgehead atoms. The highest BCUT2D eigenvalue weighted by molar-refractivity contribution is 6.03. The predicted octanol–water partition coefficient (Wildman–Crippen LogP) is 4.35. The summed E-state index contributed by atoms with van der Waals surface area (Å²) < 4.78 is 3.77. The molecule has 4 rings (SSSR count). The average Bonchev–Trinajstić information content (AvgIpc) is 3.27. The first-order chi connectivity index (χ1) is 14.5. The lowest BCUT2D eigenvalue weighted by Gasteiger charge is -2.07. The number of nitrogens with one attached hydrogen (secondary N) is 1. The second-order valence-electron chi connectivity index (χ2n) is 7.63. The first-order valence-electron chi connectivity index (χ1n) is 9.96. The van der Waals surface area contributed by atoms with Crippen molar-refractivity contribution in [3.8, 4) is 0 Å². The molecule has 0 saturated carbocycles. The number of anilines is 1. The molecule has 4 aromatic rings. The van der Waals surface area contributed by atoms with E-state index in [1.54, 1.807) is 0 Å². The van der Waals surface area contributed by atoms with Crippen LogP contribution in [-0.2, 0) is 13.1 Å². The van der Waals surface area contributed by atoms with E-state index in [-0.39, 0.29) is 5.91 Å². The van der Waals surface area contributed by atoms with E-state index in [1.807, 2.05) is 71.9 Å². The van der Waals surface area contributed by atoms with Crippen LogP contribution in [0, 0.1) is 20.8 Å². The molecule has 30 heavy (non-hydrogen) atoms. The molecule has 2 heterocycles. The van der Waals surface area contributed by atoms with Crippen molar-refractivity contribution in [2.75, 3.05) is 5.32 Å². The Kier molecular flexibility index (Phi) is 5.48. The monoisotopic (exact) mass is 399 g/mol. The number of aryl methyl sites for hydroxylation is 3. The summed E-state index contributed by atoms with van der Waals surface area (Å²) in [5, 5.41) is 11.9. The fraction of sp³-hybridized carbons (Fsp3) is 0.208. The van der Waals surface area contributed by atoms with Crippen LogP contribution in [-0.4, -0.2) is 25.5 Å². The van der Waals surface area contributed by atoms with E-state index < -0.39 is 0 Å². The van der Waals surface area contributed by atoms with Crippen molar-refractivity contribution < 1.29 is 4.79 Å². The lowest BCUT2D eigenvalue weighted by molar-refractivity contribution is 0.102. The second kappa shape index (κ2) is 8.37. The molecule has 0 atom stereocenters. The summed E-state index contributed by atoms with van der Waals surface area (Å²) in [6, 6.07) is 19.8. The summed E-state index contributed by atoms with van der Waals surface area (Å²) in [5.74, 6) is 0.364. The number of hydrogen-bond acceptors (Lipinski definition) is 3. The van der Waals surface area contributed by atoms with Crippen LogP contribution in [0.4, 0.5) is 5.82 Å². The van der Waals surface area contributed by atoms with Crippen LogP contribution >= 0.6 is 0 Å². The third-order valence-corrected chi connectivity index (χ3v) is 4.93. The number of hydrogen-bond donors (Lipinski definition) is 1. The van der Waals surface area contributed by atoms with Gasteiger partial charge in [-0.3, -0.25) is 14.2 Å². The Morgan fingerprint density at radius 3 is 2.40 bits per heavy atom. The van der Waals surface area contributed by atoms with Gasteiger partial charge in [-0.2, -0.15) is 10.2 Å². The molecule has 0 fully saturated rings. The Bertz CT molecular complexity index is 1190. The summed E-state index contributed by atoms with van der Waals surface area (Å²) in [5.41, 5.74) is 6.10. The number of rotatable bonds is 6. The zero-order valence-corrected chi connectivity index (χ0v) is 17.5. The molecular formula is C24H25N5O. The maximum Gasteiger partial charge on any atom is 0.256 e. The quantitative estimate of drug-likeness (QED) is 0.524. The smallest absolute Gasteiger partial charge is 0.256 e. The summed E-state index contributed by atoms with van der Waals surface area (Å²) >= 11 is 0. The van der Waals surface area contributed by atoms with Crippen molar-refractivity contribution in [3.05, 3.63) is 101 Å². The fourth-order valence-electron chi connectivity index (χ4n) is 3.52. The Morgan fingerprint density at radius 2 is 1.67 bits per heavy atom. The van der Waals surface area contributed by atoms with Crippen LogP contribution in [0.25, 0.3) is 0 Å². The molecule has 0 unspecified atom stereocenters. The van der Waals surface area contributed by atoms with Gasteiger partial charge in [0.15, 0.2) is 5.82 Å². The Labute approximate surface area is 176 Å². The maximum absolute atomic E-state index is 12.7. The molecule has 0 aliphatic heterocycles. The Hall–Kier alpha value is -3.67. The lowest BCUT2D eigenvalue weighted by Crippen LogP contribution is -2.13. The van der Waals surface area contributed by atoms with E-state index in [4.69, 9.17) is 0 Å². The molecule has 2 aromatic heterocycles. The van der Waals surface area contributed by atoms with Gasteiger partial charge in [0.1, 0.15) is 0 Å². The van der Waals surface area contributed by atoms with Crippen molar-refractivity contribution >= 4 is 11.7 Å². The fourth-order valence-corrected chi connectivity index (χ4v) is 3.52. The minimum absolute atomic E-state index is 0.175. The van der Waals surface area contributed by atoms with Crippen LogP contribution in [0.2, 0.25) is 0 Å². The van der Waals surface area contributed by atoms with Gasteiger partial charge in [0.05, 0.1) is 18.8 Å². The summed E-state index contributed by atoms with van der Waals surface area (Å²) in [7, 11) is 0. The number of carbonyl (C=O) groups excluding carboxylic acids is 1. The van der Waals surface area contributed by atoms with Crippen molar-refractivity contribution in [3.63, 3.8) is 0 Å². The van der Waals surface area contributed by atoms with Crippen LogP contribution in [0.5, 0.6) is 0 Å². The molecule has 1 N–H and O–H groups in total. The molecule has 6 nitrogen and oxygen atoms in total. The lowest BCUT2D eigenvalue weighted by atomic mass is 10.1. The van der Waals surface area contributed by atoms with E-state index in [9.17, 15) is 4.79 Å². The van der Waals surface area contributed by atoms with Gasteiger partial charge in [0, 0.05) is 23.5 Å². The third-order valence-electron chi connectivity index (χ3n) is 4.93. The van der Waals surface area contributed by atoms with Crippen molar-refractivity contribution in [2.24, 2.45) is 0 Å². The number of carbonyl (C=O) groups is 1. The molecule has 0 radical (unpaired) electrons. The Morgan fingerprint density at radius 1 is 0.900 bits per heavy atom. The van der Waals surface area contributed by atoms with Crippen molar-refractivity contribution in [1.29, 1.82) is 0 Å². The van der Waals surface area contributed by atoms with Gasteiger partial charge in [-0.15, -0.1) is 0 Å². The highest BCUT2D eigenvalue weighted by Gasteiger charge is 2.10. The number of aromatic nitrogens is 4. The molecule has 0 spiro atoms. The molecule has 0 aliphatic rings. The van der Waals surface area contributed by atoms with Gasteiger partial charge < -0.3 is 5.32 Å². The van der Waals surface area contributed by atoms with Gasteiger partial charge in [-0.1, -0.05) is 42.0 Å². The second-order valence-corrected chi connectivity index (χ2v) is 7.63. The van der Waals surface area contributed by atoms with Crippen molar-refractivity contribution in [1.82, 2.24) is 19.6 Å². The van der Waals surface area contributed by atoms with Gasteiger partial charge >= 0.3 is 0 Å². The maximum atomic E-state index is 12.7. The average molecular weight is 399 g/mol. The first-order valence-corrected chi connectivity index (χ1v) is 9.96. The first kappa shape index (κ1) is 19.6. The number of benzene rings is 2. The Balaban J connectivity index is 1.43. The topological polar surface area (TPSA) is 64.7 Å². The van der Waals surface area contributed by atoms with Crippen LogP contribution in [0.3, 0.4) is 0 Å². The minimum atomic E-state index is -0.175. The van der Waals surface area contributed by atoms with Gasteiger partial charge in [-0.05, 0) is 50.1 Å². The SMILES string of the molecule is Cc1cccc(Cn2ccc(NC(=O)c3cccc(Cn4nc(C)cc4C)c3)n2)c1. The molecule has 6 heteroatoms. The summed E-state index contributed by atoms with van der Waals surface area (Å²) in [4.78, 5) is 12.7. The highest BCUT2D eigenvalue weighted by atomic mass is 16.1. The van der Waals surface area contributed by atoms with Crippen molar-refractivity contribution in [2.45, 2.75) is 33.9 Å². The van der Waals surface area contributed by atoms with E-state index in [0.29, 0.717) is 24.5 Å². The normalized spacial score (nSPS) is 10.9. The van der Waals surface area contributed by atoms with Crippen LogP contribution in [0.1, 0.15) is 38.4 Å². The van der Waals surface area contributed by atoms with Crippen LogP contribution in [0.15, 0.2) is 66.9 Å². The summed E-state index contributed by atoms with van der Waals surface area (Å²) in [6.07, 6.45) is 1.87.